The van der Waals surface area contributed by atoms with Gasteiger partial charge in [0.15, 0.2) is 25.1 Å². The topological polar surface area (TPSA) is 75.6 Å². The SMILES string of the molecule is COCOc1cc(CC(O)[C@@H](C)C[C@H](C)CO[Si](c2ccccc2)(c2ccccc2)C(C)(C)C)c(OCOC)c(C)c1OC. The average Bonchev–Trinajstić information content (AvgIpc) is 3.00. The van der Waals surface area contributed by atoms with Gasteiger partial charge in [-0.05, 0) is 46.7 Å². The van der Waals surface area contributed by atoms with Crippen LogP contribution in [0.4, 0.5) is 0 Å². The van der Waals surface area contributed by atoms with Crippen molar-refractivity contribution in [2.24, 2.45) is 11.8 Å². The summed E-state index contributed by atoms with van der Waals surface area (Å²) in [6, 6.07) is 23.3. The number of hydrogen-bond donors (Lipinski definition) is 1. The van der Waals surface area contributed by atoms with Gasteiger partial charge in [0.2, 0.25) is 0 Å². The average molecular weight is 625 g/mol. The number of hydrogen-bond acceptors (Lipinski definition) is 7. The van der Waals surface area contributed by atoms with E-state index in [0.29, 0.717) is 30.3 Å². The van der Waals surface area contributed by atoms with Crippen molar-refractivity contribution in [3.05, 3.63) is 77.9 Å². The summed E-state index contributed by atoms with van der Waals surface area (Å²) in [6.45, 7) is 13.9. The standard InChI is InChI=1S/C36H52O7Si/c1-26(23-43-44(36(4,5)6,30-16-12-10-13-17-30)31-18-14-11-15-19-31)20-27(2)32(37)21-29-22-33(41-24-38-7)35(40-9)28(3)34(29)42-25-39-8/h10-19,22,26-27,32,37H,20-21,23-25H2,1-9H3/t26-,27-,32?/m0/s1. The van der Waals surface area contributed by atoms with E-state index in [1.54, 1.807) is 21.3 Å². The highest BCUT2D eigenvalue weighted by molar-refractivity contribution is 6.99. The van der Waals surface area contributed by atoms with E-state index in [1.807, 2.05) is 13.0 Å². The Morgan fingerprint density at radius 3 is 1.84 bits per heavy atom. The highest BCUT2D eigenvalue weighted by atomic mass is 28.4. The maximum absolute atomic E-state index is 11.5. The molecule has 0 aliphatic carbocycles. The molecule has 8 heteroatoms. The number of aliphatic hydroxyl groups excluding tert-OH is 1. The first-order valence-corrected chi connectivity index (χ1v) is 17.3. The van der Waals surface area contributed by atoms with E-state index >= 15 is 0 Å². The van der Waals surface area contributed by atoms with Gasteiger partial charge < -0.3 is 33.2 Å². The number of aliphatic hydroxyl groups is 1. The van der Waals surface area contributed by atoms with Crippen LogP contribution in [0.3, 0.4) is 0 Å². The van der Waals surface area contributed by atoms with E-state index in [0.717, 1.165) is 17.5 Å². The molecule has 44 heavy (non-hydrogen) atoms. The maximum Gasteiger partial charge on any atom is 0.261 e. The molecule has 0 spiro atoms. The predicted octanol–water partition coefficient (Wildman–Crippen LogP) is 6.11. The molecule has 7 nitrogen and oxygen atoms in total. The minimum Gasteiger partial charge on any atom is -0.492 e. The molecule has 3 atom stereocenters. The molecule has 242 valence electrons. The maximum atomic E-state index is 11.5. The van der Waals surface area contributed by atoms with Crippen LogP contribution in [0.5, 0.6) is 17.2 Å². The Morgan fingerprint density at radius 1 is 0.795 bits per heavy atom. The van der Waals surface area contributed by atoms with E-state index in [2.05, 4.69) is 95.3 Å². The van der Waals surface area contributed by atoms with Gasteiger partial charge in [-0.25, -0.2) is 0 Å². The van der Waals surface area contributed by atoms with Gasteiger partial charge in [-0.2, -0.15) is 0 Å². The third-order valence-corrected chi connectivity index (χ3v) is 13.2. The van der Waals surface area contributed by atoms with Crippen LogP contribution in [0.2, 0.25) is 5.04 Å². The first-order chi connectivity index (χ1) is 21.0. The lowest BCUT2D eigenvalue weighted by Crippen LogP contribution is -2.66. The van der Waals surface area contributed by atoms with Crippen LogP contribution in [0.25, 0.3) is 0 Å². The van der Waals surface area contributed by atoms with Crippen molar-refractivity contribution in [1.82, 2.24) is 0 Å². The number of methoxy groups -OCH3 is 3. The van der Waals surface area contributed by atoms with Gasteiger partial charge in [-0.3, -0.25) is 0 Å². The molecule has 0 heterocycles. The fraction of sp³-hybridized carbons (Fsp3) is 0.500. The van der Waals surface area contributed by atoms with Crippen molar-refractivity contribution in [2.45, 2.75) is 65.5 Å². The van der Waals surface area contributed by atoms with Gasteiger partial charge >= 0.3 is 0 Å². The summed E-state index contributed by atoms with van der Waals surface area (Å²) in [7, 11) is 2.11. The Balaban J connectivity index is 1.81. The van der Waals surface area contributed by atoms with Crippen LogP contribution in [0.1, 0.15) is 52.2 Å². The summed E-state index contributed by atoms with van der Waals surface area (Å²) in [4.78, 5) is 0. The van der Waals surface area contributed by atoms with E-state index in [9.17, 15) is 5.11 Å². The lowest BCUT2D eigenvalue weighted by atomic mass is 9.89. The third kappa shape index (κ3) is 8.43. The molecule has 0 fully saturated rings. The molecule has 0 aromatic heterocycles. The van der Waals surface area contributed by atoms with Crippen LogP contribution in [0, 0.1) is 18.8 Å². The monoisotopic (exact) mass is 624 g/mol. The van der Waals surface area contributed by atoms with Crippen LogP contribution >= 0.6 is 0 Å². The second-order valence-electron chi connectivity index (χ2n) is 12.7. The molecule has 0 saturated carbocycles. The Morgan fingerprint density at radius 2 is 1.34 bits per heavy atom. The molecule has 0 saturated heterocycles. The van der Waals surface area contributed by atoms with Gasteiger partial charge in [0, 0.05) is 38.4 Å². The lowest BCUT2D eigenvalue weighted by Gasteiger charge is -2.43. The third-order valence-electron chi connectivity index (χ3n) is 8.22. The van der Waals surface area contributed by atoms with Gasteiger partial charge in [-0.1, -0.05) is 95.3 Å². The van der Waals surface area contributed by atoms with Crippen molar-refractivity contribution < 1.29 is 33.2 Å². The van der Waals surface area contributed by atoms with Crippen molar-refractivity contribution in [3.63, 3.8) is 0 Å². The molecule has 0 bridgehead atoms. The quantitative estimate of drug-likeness (QED) is 0.143. The molecule has 3 rings (SSSR count). The van der Waals surface area contributed by atoms with Crippen LogP contribution < -0.4 is 24.6 Å². The highest BCUT2D eigenvalue weighted by Gasteiger charge is 2.50. The van der Waals surface area contributed by atoms with Gasteiger partial charge in [0.05, 0.1) is 13.2 Å². The largest absolute Gasteiger partial charge is 0.492 e. The molecular formula is C36H52O7Si. The van der Waals surface area contributed by atoms with Crippen LogP contribution in [0.15, 0.2) is 66.7 Å². The minimum absolute atomic E-state index is 0.00813. The zero-order valence-corrected chi connectivity index (χ0v) is 29.0. The normalized spacial score (nSPS) is 14.1. The Bertz CT molecular complexity index is 1240. The number of benzene rings is 3. The molecule has 0 amide bonds. The van der Waals surface area contributed by atoms with Crippen molar-refractivity contribution in [3.8, 4) is 17.2 Å². The second kappa shape index (κ2) is 16.4. The van der Waals surface area contributed by atoms with Gasteiger partial charge in [0.25, 0.3) is 8.32 Å². The van der Waals surface area contributed by atoms with Crippen molar-refractivity contribution in [2.75, 3.05) is 41.5 Å². The smallest absolute Gasteiger partial charge is 0.261 e. The summed E-state index contributed by atoms with van der Waals surface area (Å²) in [5.74, 6) is 1.97. The van der Waals surface area contributed by atoms with Crippen LogP contribution in [-0.4, -0.2) is 61.1 Å². The molecule has 3 aromatic carbocycles. The molecule has 0 aliphatic rings. The minimum atomic E-state index is -2.63. The van der Waals surface area contributed by atoms with E-state index in [4.69, 9.17) is 28.1 Å². The first-order valence-electron chi connectivity index (χ1n) is 15.4. The highest BCUT2D eigenvalue weighted by Crippen LogP contribution is 2.41. The molecule has 0 aliphatic heterocycles. The second-order valence-corrected chi connectivity index (χ2v) is 17.0. The van der Waals surface area contributed by atoms with E-state index in [1.165, 1.54) is 10.4 Å². The molecular weight excluding hydrogens is 572 g/mol. The van der Waals surface area contributed by atoms with Crippen LogP contribution in [-0.2, 0) is 20.3 Å². The number of ether oxygens (including phenoxy) is 5. The summed E-state index contributed by atoms with van der Waals surface area (Å²) in [6.07, 6.45) is 0.574. The van der Waals surface area contributed by atoms with Crippen molar-refractivity contribution >= 4 is 18.7 Å². The zero-order valence-electron chi connectivity index (χ0n) is 28.0. The lowest BCUT2D eigenvalue weighted by molar-refractivity contribution is 0.0445. The number of rotatable bonds is 17. The van der Waals surface area contributed by atoms with Crippen molar-refractivity contribution in [1.29, 1.82) is 0 Å². The Hall–Kier alpha value is -2.88. The van der Waals surface area contributed by atoms with E-state index in [-0.39, 0.29) is 30.5 Å². The van der Waals surface area contributed by atoms with Gasteiger partial charge in [-0.15, -0.1) is 0 Å². The molecule has 1 unspecified atom stereocenters. The fourth-order valence-electron chi connectivity index (χ4n) is 6.09. The summed E-state index contributed by atoms with van der Waals surface area (Å²) in [5.41, 5.74) is 1.60. The first kappa shape index (κ1) is 35.6. The Labute approximate surface area is 265 Å². The summed E-state index contributed by atoms with van der Waals surface area (Å²) in [5, 5.41) is 13.9. The fourth-order valence-corrected chi connectivity index (χ4v) is 10.8. The molecule has 3 aromatic rings. The molecule has 1 N–H and O–H groups in total. The summed E-state index contributed by atoms with van der Waals surface area (Å²) < 4.78 is 34.8. The Kier molecular flexibility index (Phi) is 13.3. The molecule has 0 radical (unpaired) electrons. The predicted molar refractivity (Wildman–Crippen MR) is 179 cm³/mol. The summed E-state index contributed by atoms with van der Waals surface area (Å²) >= 11 is 0. The van der Waals surface area contributed by atoms with E-state index < -0.39 is 14.4 Å². The van der Waals surface area contributed by atoms with Gasteiger partial charge in [0.1, 0.15) is 5.75 Å². The zero-order chi connectivity index (χ0) is 32.3.